The molecule has 1 aliphatic carbocycles. The van der Waals surface area contributed by atoms with E-state index in [1.54, 1.807) is 31.2 Å². The third-order valence-corrected chi connectivity index (χ3v) is 5.85. The molecule has 0 fully saturated rings. The maximum atomic E-state index is 12.4. The lowest BCUT2D eigenvalue weighted by atomic mass is 10.1. The number of carbonyl (C=O) groups excluding carboxylic acids is 3. The van der Waals surface area contributed by atoms with Crippen LogP contribution in [0.25, 0.3) is 0 Å². The minimum Gasteiger partial charge on any atom is -0.448 e. The van der Waals surface area contributed by atoms with E-state index in [1.165, 1.54) is 35.1 Å². The van der Waals surface area contributed by atoms with Crippen molar-refractivity contribution < 1.29 is 19.1 Å². The van der Waals surface area contributed by atoms with Crippen LogP contribution in [0.2, 0.25) is 0 Å². The van der Waals surface area contributed by atoms with Crippen molar-refractivity contribution in [1.29, 1.82) is 0 Å². The molecule has 142 valence electrons. The van der Waals surface area contributed by atoms with Crippen LogP contribution < -0.4 is 5.32 Å². The molecule has 3 rings (SSSR count). The molecule has 2 aromatic rings. The number of hydrogen-bond donors (Lipinski definition) is 1. The zero-order valence-electron chi connectivity index (χ0n) is 15.5. The second kappa shape index (κ2) is 8.48. The Morgan fingerprint density at radius 2 is 1.89 bits per heavy atom. The molecule has 0 radical (unpaired) electrons. The highest BCUT2D eigenvalue weighted by Crippen LogP contribution is 2.29. The molecule has 1 N–H and O–H groups in total. The van der Waals surface area contributed by atoms with Gasteiger partial charge >= 0.3 is 5.97 Å². The number of ether oxygens (including phenoxy) is 1. The van der Waals surface area contributed by atoms with Crippen LogP contribution in [-0.2, 0) is 22.4 Å². The molecule has 0 aliphatic heterocycles. The highest BCUT2D eigenvalue weighted by molar-refractivity contribution is 7.14. The number of benzene rings is 1. The average Bonchev–Trinajstić information content (AvgIpc) is 2.92. The third-order valence-electron chi connectivity index (χ3n) is 4.64. The van der Waals surface area contributed by atoms with Crippen LogP contribution in [0, 0.1) is 0 Å². The molecule has 0 saturated carbocycles. The lowest BCUT2D eigenvalue weighted by Gasteiger charge is -2.13. The van der Waals surface area contributed by atoms with Gasteiger partial charge < -0.3 is 10.1 Å². The van der Waals surface area contributed by atoms with Crippen molar-refractivity contribution in [3.05, 3.63) is 51.2 Å². The van der Waals surface area contributed by atoms with E-state index in [4.69, 9.17) is 4.74 Å². The lowest BCUT2D eigenvalue weighted by molar-refractivity contribution is -0.123. The molecule has 1 aromatic carbocycles. The monoisotopic (exact) mass is 385 g/mol. The van der Waals surface area contributed by atoms with Crippen LogP contribution >= 0.6 is 11.3 Å². The predicted molar refractivity (Wildman–Crippen MR) is 106 cm³/mol. The third kappa shape index (κ3) is 4.83. The fourth-order valence-electron chi connectivity index (χ4n) is 3.10. The minimum absolute atomic E-state index is 0.0805. The van der Waals surface area contributed by atoms with Crippen LogP contribution in [0.15, 0.2) is 30.3 Å². The van der Waals surface area contributed by atoms with Gasteiger partial charge in [-0.15, -0.1) is 11.3 Å². The van der Waals surface area contributed by atoms with Crippen LogP contribution in [0.4, 0.5) is 5.69 Å². The molecular weight excluding hydrogens is 362 g/mol. The number of esters is 1. The average molecular weight is 385 g/mol. The lowest BCUT2D eigenvalue weighted by Crippen LogP contribution is -2.29. The number of amides is 1. The number of anilines is 1. The summed E-state index contributed by atoms with van der Waals surface area (Å²) in [5.41, 5.74) is 2.25. The maximum Gasteiger partial charge on any atom is 0.349 e. The van der Waals surface area contributed by atoms with Gasteiger partial charge in [-0.2, -0.15) is 0 Å². The standard InChI is InChI=1S/C21H23NO4S/c1-13(23)15-8-6-9-17(11-15)22-20(24)14(2)26-21(25)19-12-16-7-4-3-5-10-18(16)27-19/h6,8-9,11-12,14H,3-5,7,10H2,1-2H3,(H,22,24). The molecule has 1 atom stereocenters. The van der Waals surface area contributed by atoms with Gasteiger partial charge in [-0.3, -0.25) is 9.59 Å². The smallest absolute Gasteiger partial charge is 0.349 e. The van der Waals surface area contributed by atoms with Gasteiger partial charge in [-0.1, -0.05) is 18.6 Å². The molecule has 6 heteroatoms. The van der Waals surface area contributed by atoms with Crippen LogP contribution in [-0.4, -0.2) is 23.8 Å². The number of hydrogen-bond acceptors (Lipinski definition) is 5. The predicted octanol–water partition coefficient (Wildman–Crippen LogP) is 4.40. The summed E-state index contributed by atoms with van der Waals surface area (Å²) in [4.78, 5) is 38.0. The van der Waals surface area contributed by atoms with E-state index in [9.17, 15) is 14.4 Å². The summed E-state index contributed by atoms with van der Waals surface area (Å²) in [5, 5.41) is 2.69. The number of thiophene rings is 1. The van der Waals surface area contributed by atoms with Crippen molar-refractivity contribution in [2.45, 2.75) is 52.1 Å². The van der Waals surface area contributed by atoms with Crippen molar-refractivity contribution >= 4 is 34.7 Å². The number of fused-ring (bicyclic) bond motifs is 1. The number of Topliss-reactive ketones (excluding diaryl/α,β-unsaturated/α-hetero) is 1. The van der Waals surface area contributed by atoms with Gasteiger partial charge in [0.05, 0.1) is 0 Å². The van der Waals surface area contributed by atoms with Gasteiger partial charge in [0.1, 0.15) is 4.88 Å². The summed E-state index contributed by atoms with van der Waals surface area (Å²) in [6, 6.07) is 8.58. The largest absolute Gasteiger partial charge is 0.448 e. The van der Waals surface area contributed by atoms with Gasteiger partial charge in [-0.05, 0) is 63.3 Å². The molecule has 0 saturated heterocycles. The number of rotatable bonds is 5. The molecule has 1 amide bonds. The number of ketones is 1. The van der Waals surface area contributed by atoms with Crippen LogP contribution in [0.1, 0.15) is 63.6 Å². The van der Waals surface area contributed by atoms with Gasteiger partial charge in [0.25, 0.3) is 5.91 Å². The van der Waals surface area contributed by atoms with E-state index in [0.29, 0.717) is 16.1 Å². The molecule has 1 aromatic heterocycles. The Bertz CT molecular complexity index is 847. The first-order valence-corrected chi connectivity index (χ1v) is 10.00. The maximum absolute atomic E-state index is 12.4. The van der Waals surface area contributed by atoms with Gasteiger partial charge in [-0.25, -0.2) is 4.79 Å². The molecule has 0 spiro atoms. The Morgan fingerprint density at radius 3 is 2.67 bits per heavy atom. The Morgan fingerprint density at radius 1 is 1.11 bits per heavy atom. The normalized spacial score (nSPS) is 14.6. The fraction of sp³-hybridized carbons (Fsp3) is 0.381. The first kappa shape index (κ1) is 19.3. The Labute approximate surface area is 162 Å². The summed E-state index contributed by atoms with van der Waals surface area (Å²) in [7, 11) is 0. The van der Waals surface area contributed by atoms with Crippen LogP contribution in [0.5, 0.6) is 0 Å². The minimum atomic E-state index is -0.930. The van der Waals surface area contributed by atoms with E-state index in [-0.39, 0.29) is 5.78 Å². The Hall–Kier alpha value is -2.47. The summed E-state index contributed by atoms with van der Waals surface area (Å²) in [6.45, 7) is 3.01. The van der Waals surface area contributed by atoms with E-state index in [0.717, 1.165) is 25.7 Å². The Balaban J connectivity index is 1.61. The molecule has 0 bridgehead atoms. The fourth-order valence-corrected chi connectivity index (χ4v) is 4.24. The molecule has 5 nitrogen and oxygen atoms in total. The molecule has 1 aliphatic rings. The van der Waals surface area contributed by atoms with E-state index in [2.05, 4.69) is 5.32 Å². The van der Waals surface area contributed by atoms with Gasteiger partial charge in [0.15, 0.2) is 11.9 Å². The quantitative estimate of drug-likeness (QED) is 0.470. The van der Waals surface area contributed by atoms with E-state index in [1.807, 2.05) is 6.07 Å². The van der Waals surface area contributed by atoms with Crippen molar-refractivity contribution in [1.82, 2.24) is 0 Å². The number of nitrogens with one attached hydrogen (secondary N) is 1. The van der Waals surface area contributed by atoms with Gasteiger partial charge in [0.2, 0.25) is 0 Å². The van der Waals surface area contributed by atoms with Crippen molar-refractivity contribution in [2.75, 3.05) is 5.32 Å². The molecule has 27 heavy (non-hydrogen) atoms. The second-order valence-corrected chi connectivity index (χ2v) is 7.93. The topological polar surface area (TPSA) is 72.5 Å². The highest BCUT2D eigenvalue weighted by Gasteiger charge is 2.22. The van der Waals surface area contributed by atoms with Crippen molar-refractivity contribution in [2.24, 2.45) is 0 Å². The van der Waals surface area contributed by atoms with E-state index < -0.39 is 18.0 Å². The van der Waals surface area contributed by atoms with Gasteiger partial charge in [0, 0.05) is 16.1 Å². The summed E-state index contributed by atoms with van der Waals surface area (Å²) in [5.74, 6) is -0.974. The van der Waals surface area contributed by atoms with Crippen LogP contribution in [0.3, 0.4) is 0 Å². The Kier molecular flexibility index (Phi) is 6.06. The SMILES string of the molecule is CC(=O)c1cccc(NC(=O)C(C)OC(=O)c2cc3c(s2)CCCCC3)c1. The second-order valence-electron chi connectivity index (χ2n) is 6.79. The zero-order valence-corrected chi connectivity index (χ0v) is 16.4. The molecule has 1 unspecified atom stereocenters. The first-order valence-electron chi connectivity index (χ1n) is 9.18. The summed E-state index contributed by atoms with van der Waals surface area (Å²) in [6.07, 6.45) is 4.61. The highest BCUT2D eigenvalue weighted by atomic mass is 32.1. The number of carbonyl (C=O) groups is 3. The molecular formula is C21H23NO4S. The van der Waals surface area contributed by atoms with Crippen molar-refractivity contribution in [3.8, 4) is 0 Å². The zero-order chi connectivity index (χ0) is 19.4. The summed E-state index contributed by atoms with van der Waals surface area (Å²) >= 11 is 1.48. The molecule has 1 heterocycles. The number of aryl methyl sites for hydroxylation is 2. The first-order chi connectivity index (χ1) is 12.9. The summed E-state index contributed by atoms with van der Waals surface area (Å²) < 4.78 is 5.35. The van der Waals surface area contributed by atoms with Crippen molar-refractivity contribution in [3.63, 3.8) is 0 Å². The van der Waals surface area contributed by atoms with E-state index >= 15 is 0 Å².